The highest BCUT2D eigenvalue weighted by molar-refractivity contribution is 7.88. The van der Waals surface area contributed by atoms with Gasteiger partial charge in [0.2, 0.25) is 10.0 Å². The first kappa shape index (κ1) is 16.5. The van der Waals surface area contributed by atoms with Gasteiger partial charge in [0.1, 0.15) is 6.26 Å². The number of hydrogen-bond acceptors (Lipinski definition) is 5. The molecule has 2 saturated heterocycles. The molecule has 2 aliphatic heterocycles. The number of nitrogens with zero attached hydrogens (tertiary/aromatic N) is 1. The fraction of sp³-hybridized carbons (Fsp3) is 0.667. The van der Waals surface area contributed by atoms with Gasteiger partial charge in [0.15, 0.2) is 0 Å². The zero-order valence-electron chi connectivity index (χ0n) is 13.2. The molecule has 2 fully saturated rings. The maximum Gasteiger partial charge on any atom is 0.257 e. The third kappa shape index (κ3) is 3.59. The summed E-state index contributed by atoms with van der Waals surface area (Å²) in [6.07, 6.45) is 6.49. The van der Waals surface area contributed by atoms with Gasteiger partial charge in [-0.1, -0.05) is 0 Å². The van der Waals surface area contributed by atoms with Crippen LogP contribution in [0.4, 0.5) is 0 Å². The number of furan rings is 1. The SMILES string of the molecule is CS(=O)(=O)NCC[C@@]12CCO[C@@H]1CCN(C(=O)c1ccoc1)C2. The fourth-order valence-electron chi connectivity index (χ4n) is 3.64. The van der Waals surface area contributed by atoms with Gasteiger partial charge in [-0.2, -0.15) is 0 Å². The molecule has 7 nitrogen and oxygen atoms in total. The summed E-state index contributed by atoms with van der Waals surface area (Å²) in [5.74, 6) is -0.0421. The first-order valence-electron chi connectivity index (χ1n) is 7.77. The predicted molar refractivity (Wildman–Crippen MR) is 83.5 cm³/mol. The molecule has 0 aliphatic carbocycles. The predicted octanol–water partition coefficient (Wildman–Crippen LogP) is 0.840. The van der Waals surface area contributed by atoms with E-state index in [1.807, 2.05) is 4.90 Å². The van der Waals surface area contributed by atoms with E-state index in [1.165, 1.54) is 12.5 Å². The number of fused-ring (bicyclic) bond motifs is 1. The lowest BCUT2D eigenvalue weighted by molar-refractivity contribution is -0.0158. The summed E-state index contributed by atoms with van der Waals surface area (Å²) in [5, 5.41) is 0. The molecule has 0 radical (unpaired) electrons. The Labute approximate surface area is 136 Å². The Morgan fingerprint density at radius 3 is 3.04 bits per heavy atom. The number of amides is 1. The van der Waals surface area contributed by atoms with Crippen molar-refractivity contribution in [1.29, 1.82) is 0 Å². The molecule has 23 heavy (non-hydrogen) atoms. The lowest BCUT2D eigenvalue weighted by Crippen LogP contribution is -2.52. The minimum absolute atomic E-state index is 0.0421. The van der Waals surface area contributed by atoms with Crippen molar-refractivity contribution in [2.45, 2.75) is 25.4 Å². The molecule has 128 valence electrons. The average Bonchev–Trinajstić information content (AvgIpc) is 3.14. The molecule has 8 heteroatoms. The smallest absolute Gasteiger partial charge is 0.257 e. The summed E-state index contributed by atoms with van der Waals surface area (Å²) in [6.45, 7) is 2.27. The number of sulfonamides is 1. The van der Waals surface area contributed by atoms with E-state index in [1.54, 1.807) is 6.07 Å². The summed E-state index contributed by atoms with van der Waals surface area (Å²) in [4.78, 5) is 14.4. The van der Waals surface area contributed by atoms with Gasteiger partial charge in [-0.15, -0.1) is 0 Å². The zero-order chi connectivity index (χ0) is 16.5. The van der Waals surface area contributed by atoms with Gasteiger partial charge in [0.05, 0.1) is 24.2 Å². The van der Waals surface area contributed by atoms with Gasteiger partial charge >= 0.3 is 0 Å². The van der Waals surface area contributed by atoms with Crippen molar-refractivity contribution >= 4 is 15.9 Å². The van der Waals surface area contributed by atoms with E-state index in [9.17, 15) is 13.2 Å². The van der Waals surface area contributed by atoms with Gasteiger partial charge in [-0.25, -0.2) is 13.1 Å². The number of rotatable bonds is 5. The Morgan fingerprint density at radius 1 is 1.52 bits per heavy atom. The number of nitrogens with one attached hydrogen (secondary N) is 1. The molecule has 1 aromatic rings. The molecule has 0 aromatic carbocycles. The Bertz CT molecular complexity index is 657. The molecule has 0 saturated carbocycles. The van der Waals surface area contributed by atoms with Crippen molar-refractivity contribution < 1.29 is 22.4 Å². The van der Waals surface area contributed by atoms with Crippen LogP contribution in [0.15, 0.2) is 23.0 Å². The summed E-state index contributed by atoms with van der Waals surface area (Å²) in [5.41, 5.74) is 0.377. The van der Waals surface area contributed by atoms with E-state index < -0.39 is 10.0 Å². The summed E-state index contributed by atoms with van der Waals surface area (Å²) in [6, 6.07) is 1.66. The van der Waals surface area contributed by atoms with Gasteiger partial charge in [-0.05, 0) is 25.3 Å². The maximum atomic E-state index is 12.5. The molecule has 0 unspecified atom stereocenters. The topological polar surface area (TPSA) is 88.9 Å². The summed E-state index contributed by atoms with van der Waals surface area (Å²) < 4.78 is 35.9. The van der Waals surface area contributed by atoms with Crippen molar-refractivity contribution in [3.8, 4) is 0 Å². The number of ether oxygens (including phenoxy) is 1. The number of piperidine rings is 1. The molecule has 1 N–H and O–H groups in total. The molecular weight excluding hydrogens is 320 g/mol. The minimum atomic E-state index is -3.21. The highest BCUT2D eigenvalue weighted by Gasteiger charge is 2.48. The van der Waals surface area contributed by atoms with E-state index in [4.69, 9.17) is 9.15 Å². The van der Waals surface area contributed by atoms with E-state index in [0.717, 1.165) is 19.1 Å². The third-order valence-corrected chi connectivity index (χ3v) is 5.54. The molecule has 2 aliphatic rings. The summed E-state index contributed by atoms with van der Waals surface area (Å²) in [7, 11) is -3.21. The van der Waals surface area contributed by atoms with Gasteiger partial charge in [0.25, 0.3) is 5.91 Å². The molecule has 2 atom stereocenters. The molecule has 3 heterocycles. The quantitative estimate of drug-likeness (QED) is 0.856. The second-order valence-corrected chi connectivity index (χ2v) is 8.25. The monoisotopic (exact) mass is 342 g/mol. The molecule has 0 spiro atoms. The fourth-order valence-corrected chi connectivity index (χ4v) is 4.11. The lowest BCUT2D eigenvalue weighted by Gasteiger charge is -2.43. The van der Waals surface area contributed by atoms with Crippen molar-refractivity contribution in [2.24, 2.45) is 5.41 Å². The van der Waals surface area contributed by atoms with Crippen molar-refractivity contribution in [3.63, 3.8) is 0 Å². The molecular formula is C15H22N2O5S. The Hall–Kier alpha value is -1.38. The van der Waals surface area contributed by atoms with E-state index in [2.05, 4.69) is 4.72 Å². The van der Waals surface area contributed by atoms with Crippen molar-refractivity contribution in [1.82, 2.24) is 9.62 Å². The number of carbonyl (C=O) groups is 1. The first-order valence-corrected chi connectivity index (χ1v) is 9.66. The second kappa shape index (κ2) is 6.26. The van der Waals surface area contributed by atoms with Crippen molar-refractivity contribution in [2.75, 3.05) is 32.5 Å². The van der Waals surface area contributed by atoms with Crippen LogP contribution in [0, 0.1) is 5.41 Å². The number of likely N-dealkylation sites (tertiary alicyclic amines) is 1. The van der Waals surface area contributed by atoms with Crippen LogP contribution in [-0.4, -0.2) is 57.8 Å². The largest absolute Gasteiger partial charge is 0.472 e. The average molecular weight is 342 g/mol. The van der Waals surface area contributed by atoms with Crippen LogP contribution in [-0.2, 0) is 14.8 Å². The normalized spacial score (nSPS) is 27.9. The lowest BCUT2D eigenvalue weighted by atomic mass is 9.74. The maximum absolute atomic E-state index is 12.5. The van der Waals surface area contributed by atoms with Crippen LogP contribution in [0.1, 0.15) is 29.6 Å². The Morgan fingerprint density at radius 2 is 2.35 bits per heavy atom. The third-order valence-electron chi connectivity index (χ3n) is 4.81. The zero-order valence-corrected chi connectivity index (χ0v) is 14.0. The Kier molecular flexibility index (Phi) is 4.48. The molecule has 1 aromatic heterocycles. The second-order valence-electron chi connectivity index (χ2n) is 6.42. The van der Waals surface area contributed by atoms with Crippen LogP contribution in [0.2, 0.25) is 0 Å². The van der Waals surface area contributed by atoms with E-state index in [-0.39, 0.29) is 17.4 Å². The summed E-state index contributed by atoms with van der Waals surface area (Å²) >= 11 is 0. The molecule has 1 amide bonds. The number of hydrogen-bond donors (Lipinski definition) is 1. The van der Waals surface area contributed by atoms with E-state index in [0.29, 0.717) is 38.2 Å². The van der Waals surface area contributed by atoms with Gasteiger partial charge < -0.3 is 14.1 Å². The van der Waals surface area contributed by atoms with Crippen molar-refractivity contribution in [3.05, 3.63) is 24.2 Å². The van der Waals surface area contributed by atoms with Crippen LogP contribution in [0.5, 0.6) is 0 Å². The van der Waals surface area contributed by atoms with E-state index >= 15 is 0 Å². The van der Waals surface area contributed by atoms with Crippen LogP contribution >= 0.6 is 0 Å². The van der Waals surface area contributed by atoms with Gasteiger partial charge in [0, 0.05) is 31.7 Å². The van der Waals surface area contributed by atoms with Crippen LogP contribution in [0.3, 0.4) is 0 Å². The molecule has 0 bridgehead atoms. The Balaban J connectivity index is 1.70. The van der Waals surface area contributed by atoms with Crippen LogP contribution in [0.25, 0.3) is 0 Å². The molecule has 3 rings (SSSR count). The highest BCUT2D eigenvalue weighted by atomic mass is 32.2. The highest BCUT2D eigenvalue weighted by Crippen LogP contribution is 2.43. The van der Waals surface area contributed by atoms with Gasteiger partial charge in [-0.3, -0.25) is 4.79 Å². The van der Waals surface area contributed by atoms with Crippen LogP contribution < -0.4 is 4.72 Å². The standard InChI is InChI=1S/C15H22N2O5S/c1-23(19,20)16-6-4-15-5-9-22-13(15)2-7-17(11-15)14(18)12-3-8-21-10-12/h3,8,10,13,16H,2,4-7,9,11H2,1H3/t13-,15+/m1/s1. The minimum Gasteiger partial charge on any atom is -0.472 e. The number of carbonyl (C=O) groups excluding carboxylic acids is 1. The first-order chi connectivity index (χ1) is 10.9.